The molecule has 2 saturated carbocycles. The van der Waals surface area contributed by atoms with Crippen molar-refractivity contribution >= 4 is 35.4 Å². The Labute approximate surface area is 214 Å². The summed E-state index contributed by atoms with van der Waals surface area (Å²) >= 11 is 0. The molecule has 0 aromatic heterocycles. The van der Waals surface area contributed by atoms with Crippen LogP contribution in [0.5, 0.6) is 5.75 Å². The number of fused-ring (bicyclic) bond motifs is 3. The normalized spacial score (nSPS) is 31.2. The van der Waals surface area contributed by atoms with E-state index < -0.39 is 65.0 Å². The summed E-state index contributed by atoms with van der Waals surface area (Å²) in [4.78, 5) is 54.4. The number of nitrogens with zero attached hydrogens (tertiary/aromatic N) is 1. The average Bonchev–Trinajstić information content (AvgIpc) is 2.85. The van der Waals surface area contributed by atoms with E-state index in [1.165, 1.54) is 6.07 Å². The monoisotopic (exact) mass is 502 g/mol. The van der Waals surface area contributed by atoms with Crippen LogP contribution in [0.4, 0.5) is 0 Å². The van der Waals surface area contributed by atoms with Crippen molar-refractivity contribution in [2.75, 3.05) is 14.1 Å². The second-order valence-corrected chi connectivity index (χ2v) is 10.7. The molecule has 0 heterocycles. The first kappa shape index (κ1) is 25.0. The zero-order valence-corrected chi connectivity index (χ0v) is 20.8. The largest absolute Gasteiger partial charge is 0.507 e. The van der Waals surface area contributed by atoms with Gasteiger partial charge in [0.2, 0.25) is 5.91 Å². The van der Waals surface area contributed by atoms with Crippen molar-refractivity contribution < 1.29 is 29.4 Å². The number of amides is 1. The summed E-state index contributed by atoms with van der Waals surface area (Å²) in [6, 6.07) is 12.0. The summed E-state index contributed by atoms with van der Waals surface area (Å²) in [5.74, 6) is -6.48. The summed E-state index contributed by atoms with van der Waals surface area (Å²) in [5, 5.41) is 22.3. The number of aliphatic hydroxyl groups is 1. The molecule has 8 heteroatoms. The predicted octanol–water partition coefficient (Wildman–Crippen LogP) is 1.86. The van der Waals surface area contributed by atoms with Gasteiger partial charge in [-0.15, -0.1) is 0 Å². The van der Waals surface area contributed by atoms with E-state index in [9.17, 15) is 29.4 Å². The second-order valence-electron chi connectivity index (χ2n) is 10.7. The minimum absolute atomic E-state index is 0.0920. The Balaban J connectivity index is 1.57. The lowest BCUT2D eigenvalue weighted by Gasteiger charge is -2.53. The molecule has 3 aliphatic carbocycles. The zero-order chi connectivity index (χ0) is 26.6. The van der Waals surface area contributed by atoms with Crippen LogP contribution in [-0.2, 0) is 20.8 Å². The third-order valence-corrected chi connectivity index (χ3v) is 8.36. The number of ketones is 3. The number of phenols is 1. The van der Waals surface area contributed by atoms with Gasteiger partial charge in [-0.05, 0) is 55.6 Å². The van der Waals surface area contributed by atoms with Crippen LogP contribution in [0.3, 0.4) is 0 Å². The first-order chi connectivity index (χ1) is 17.5. The average molecular weight is 503 g/mol. The molecule has 4 N–H and O–H groups in total. The first-order valence-corrected chi connectivity index (χ1v) is 12.4. The molecule has 192 valence electrons. The summed E-state index contributed by atoms with van der Waals surface area (Å²) in [5.41, 5.74) is 5.90. The number of nitrogens with two attached hydrogens (primary N) is 1. The van der Waals surface area contributed by atoms with Crippen molar-refractivity contribution in [2.24, 2.45) is 29.4 Å². The molecular weight excluding hydrogens is 472 g/mol. The molecule has 0 bridgehead atoms. The molecule has 2 aromatic carbocycles. The Morgan fingerprint density at radius 2 is 1.78 bits per heavy atom. The van der Waals surface area contributed by atoms with E-state index in [1.807, 2.05) is 42.5 Å². The van der Waals surface area contributed by atoms with E-state index >= 15 is 0 Å². The van der Waals surface area contributed by atoms with Crippen molar-refractivity contribution in [2.45, 2.75) is 30.9 Å². The number of rotatable bonds is 4. The fourth-order valence-electron chi connectivity index (χ4n) is 6.64. The van der Waals surface area contributed by atoms with E-state index in [0.29, 0.717) is 12.0 Å². The zero-order valence-electron chi connectivity index (χ0n) is 20.8. The topological polar surface area (TPSA) is 138 Å². The number of hydrogen-bond donors (Lipinski definition) is 3. The molecule has 0 spiro atoms. The number of hydrogen-bond acceptors (Lipinski definition) is 7. The standard InChI is InChI=1S/C29H30N2O6/c1-31(2)24-20-13-17-12-18-16(9-8-15-6-4-3-5-7-15)10-11-21(32)23(18)26(34)22(17)27(35)29(20,37)14-19(25(24)33)28(30)36/h3-11,17,19-20,22,24,32,37H,12-14H2,1-2H3,(H2,30,36)/b9-8+. The maximum atomic E-state index is 13.8. The number of carbonyl (C=O) groups is 4. The summed E-state index contributed by atoms with van der Waals surface area (Å²) in [7, 11) is 3.32. The van der Waals surface area contributed by atoms with E-state index in [1.54, 1.807) is 25.1 Å². The highest BCUT2D eigenvalue weighted by molar-refractivity contribution is 6.17. The number of primary amides is 1. The van der Waals surface area contributed by atoms with E-state index in [4.69, 9.17) is 5.73 Å². The maximum absolute atomic E-state index is 13.8. The van der Waals surface area contributed by atoms with Crippen LogP contribution in [-0.4, -0.2) is 64.1 Å². The van der Waals surface area contributed by atoms with Crippen LogP contribution in [0.1, 0.15) is 39.9 Å². The quantitative estimate of drug-likeness (QED) is 0.429. The summed E-state index contributed by atoms with van der Waals surface area (Å²) in [6.07, 6.45) is 3.95. The predicted molar refractivity (Wildman–Crippen MR) is 136 cm³/mol. The van der Waals surface area contributed by atoms with Gasteiger partial charge in [0.1, 0.15) is 17.3 Å². The van der Waals surface area contributed by atoms with Crippen LogP contribution < -0.4 is 5.73 Å². The minimum atomic E-state index is -2.04. The fourth-order valence-corrected chi connectivity index (χ4v) is 6.64. The molecule has 6 unspecified atom stereocenters. The molecule has 3 aliphatic rings. The molecule has 0 aliphatic heterocycles. The molecule has 2 fully saturated rings. The van der Waals surface area contributed by atoms with E-state index in [-0.39, 0.29) is 17.7 Å². The molecule has 5 rings (SSSR count). The van der Waals surface area contributed by atoms with Gasteiger partial charge in [-0.3, -0.25) is 24.1 Å². The molecule has 6 atom stereocenters. The number of phenolic OH excluding ortho intramolecular Hbond substituents is 1. The summed E-state index contributed by atoms with van der Waals surface area (Å²) < 4.78 is 0. The minimum Gasteiger partial charge on any atom is -0.507 e. The molecule has 0 radical (unpaired) electrons. The Kier molecular flexibility index (Phi) is 6.12. The van der Waals surface area contributed by atoms with Crippen LogP contribution in [0.2, 0.25) is 0 Å². The van der Waals surface area contributed by atoms with Crippen molar-refractivity contribution in [1.82, 2.24) is 4.90 Å². The number of likely N-dealkylation sites (N-methyl/N-ethyl adjacent to an activating group) is 1. The SMILES string of the molecule is CN(C)C1C(=O)C(C(N)=O)CC2(O)C(=O)C3C(=O)c4c(O)ccc(/C=C/c5ccccc5)c4CC3CC12. The van der Waals surface area contributed by atoms with Crippen molar-refractivity contribution in [3.8, 4) is 5.75 Å². The molecular formula is C29H30N2O6. The van der Waals surface area contributed by atoms with Gasteiger partial charge >= 0.3 is 0 Å². The van der Waals surface area contributed by atoms with Crippen LogP contribution in [0, 0.1) is 23.7 Å². The first-order valence-electron chi connectivity index (χ1n) is 12.4. The van der Waals surface area contributed by atoms with Gasteiger partial charge in [-0.1, -0.05) is 48.6 Å². The van der Waals surface area contributed by atoms with Crippen molar-refractivity contribution in [3.05, 3.63) is 64.7 Å². The molecule has 1 amide bonds. The third kappa shape index (κ3) is 3.91. The molecule has 37 heavy (non-hydrogen) atoms. The smallest absolute Gasteiger partial charge is 0.228 e. The maximum Gasteiger partial charge on any atom is 0.228 e. The lowest BCUT2D eigenvalue weighted by Crippen LogP contribution is -2.69. The molecule has 2 aromatic rings. The van der Waals surface area contributed by atoms with Crippen molar-refractivity contribution in [3.63, 3.8) is 0 Å². The lowest BCUT2D eigenvalue weighted by atomic mass is 9.52. The number of benzene rings is 2. The number of carbonyl (C=O) groups excluding carboxylic acids is 4. The van der Waals surface area contributed by atoms with Crippen LogP contribution in [0.25, 0.3) is 12.2 Å². The second kappa shape index (κ2) is 9.04. The van der Waals surface area contributed by atoms with E-state index in [0.717, 1.165) is 11.1 Å². The van der Waals surface area contributed by atoms with Gasteiger partial charge in [0, 0.05) is 12.3 Å². The van der Waals surface area contributed by atoms with Gasteiger partial charge in [-0.2, -0.15) is 0 Å². The highest BCUT2D eigenvalue weighted by atomic mass is 16.3. The van der Waals surface area contributed by atoms with Gasteiger partial charge in [-0.25, -0.2) is 0 Å². The summed E-state index contributed by atoms with van der Waals surface area (Å²) in [6.45, 7) is 0. The van der Waals surface area contributed by atoms with Gasteiger partial charge in [0.25, 0.3) is 0 Å². The highest BCUT2D eigenvalue weighted by Gasteiger charge is 2.64. The number of aromatic hydroxyl groups is 1. The Morgan fingerprint density at radius 3 is 2.43 bits per heavy atom. The van der Waals surface area contributed by atoms with Crippen molar-refractivity contribution in [1.29, 1.82) is 0 Å². The van der Waals surface area contributed by atoms with Gasteiger partial charge in [0.05, 0.1) is 17.5 Å². The fraction of sp³-hybridized carbons (Fsp3) is 0.379. The molecule has 0 saturated heterocycles. The highest BCUT2D eigenvalue weighted by Crippen LogP contribution is 2.52. The van der Waals surface area contributed by atoms with E-state index in [2.05, 4.69) is 0 Å². The molecule has 8 nitrogen and oxygen atoms in total. The van der Waals surface area contributed by atoms with Crippen LogP contribution >= 0.6 is 0 Å². The third-order valence-electron chi connectivity index (χ3n) is 8.36. The number of Topliss-reactive ketones (excluding diaryl/α,β-unsaturated/α-hetero) is 3. The lowest BCUT2D eigenvalue weighted by molar-refractivity contribution is -0.176. The van der Waals surface area contributed by atoms with Crippen LogP contribution in [0.15, 0.2) is 42.5 Å². The Morgan fingerprint density at radius 1 is 1.08 bits per heavy atom. The van der Waals surface area contributed by atoms with Gasteiger partial charge < -0.3 is 15.9 Å². The Bertz CT molecular complexity index is 1330. The van der Waals surface area contributed by atoms with Gasteiger partial charge in [0.15, 0.2) is 17.3 Å². The Hall–Kier alpha value is -3.62.